The summed E-state index contributed by atoms with van der Waals surface area (Å²) in [6.07, 6.45) is 4.64. The maximum Gasteiger partial charge on any atom is 0.244 e. The van der Waals surface area contributed by atoms with E-state index in [9.17, 15) is 5.21 Å². The molecule has 4 nitrogen and oxygen atoms in total. The van der Waals surface area contributed by atoms with E-state index in [0.29, 0.717) is 21.8 Å². The number of nitrogens with zero attached hydrogens (tertiary/aromatic N) is 3. The molecule has 0 bridgehead atoms. The maximum atomic E-state index is 12.0. The molecule has 22 heavy (non-hydrogen) atoms. The van der Waals surface area contributed by atoms with Crippen molar-refractivity contribution in [1.29, 1.82) is 5.26 Å². The normalized spacial score (nSPS) is 11.2. The minimum absolute atomic E-state index is 0.503. The van der Waals surface area contributed by atoms with Crippen LogP contribution in [0.4, 0.5) is 11.4 Å². The number of hydrogen-bond donors (Lipinski definition) is 0. The summed E-state index contributed by atoms with van der Waals surface area (Å²) in [5, 5.41) is 24.7. The van der Waals surface area contributed by atoms with Crippen LogP contribution in [0.25, 0.3) is 0 Å². The molecule has 0 radical (unpaired) electrons. The molecule has 0 amide bonds. The van der Waals surface area contributed by atoms with Gasteiger partial charge in [-0.15, -0.1) is 0 Å². The van der Waals surface area contributed by atoms with Crippen LogP contribution in [-0.4, -0.2) is 4.86 Å². The van der Waals surface area contributed by atoms with Gasteiger partial charge in [-0.1, -0.05) is 36.8 Å². The van der Waals surface area contributed by atoms with Crippen LogP contribution >= 0.6 is 0 Å². The summed E-state index contributed by atoms with van der Waals surface area (Å²) in [6.45, 7) is 2.18. The molecule has 0 aliphatic carbocycles. The highest BCUT2D eigenvalue weighted by Gasteiger charge is 2.04. The van der Waals surface area contributed by atoms with Crippen molar-refractivity contribution in [2.45, 2.75) is 32.6 Å². The van der Waals surface area contributed by atoms with Gasteiger partial charge in [0.1, 0.15) is 5.69 Å². The van der Waals surface area contributed by atoms with Crippen LogP contribution in [0.2, 0.25) is 0 Å². The SMILES string of the molecule is CCCCCc1ccc([N+]([O-])=Nc2ccc(C#N)cc2)cc1. The minimum atomic E-state index is 0.503. The second-order valence-corrected chi connectivity index (χ2v) is 5.16. The molecule has 2 aromatic rings. The van der Waals surface area contributed by atoms with Crippen LogP contribution in [0.3, 0.4) is 0 Å². The highest BCUT2D eigenvalue weighted by Crippen LogP contribution is 2.19. The van der Waals surface area contributed by atoms with Crippen LogP contribution in [0.5, 0.6) is 0 Å². The second-order valence-electron chi connectivity index (χ2n) is 5.16. The fourth-order valence-electron chi connectivity index (χ4n) is 2.13. The molecule has 0 spiro atoms. The van der Waals surface area contributed by atoms with Crippen molar-refractivity contribution in [2.75, 3.05) is 0 Å². The Hall–Kier alpha value is -2.67. The Balaban J connectivity index is 2.06. The van der Waals surface area contributed by atoms with Crippen molar-refractivity contribution in [3.63, 3.8) is 0 Å². The van der Waals surface area contributed by atoms with Gasteiger partial charge in [-0.05, 0) is 42.7 Å². The standard InChI is InChI=1S/C18H19N3O/c1-2-3-4-5-15-8-12-18(13-9-15)21(22)20-17-10-6-16(14-19)7-11-17/h6-13H,2-5H2,1H3. The lowest BCUT2D eigenvalue weighted by molar-refractivity contribution is -0.435. The fraction of sp³-hybridized carbons (Fsp3) is 0.278. The molecule has 2 aromatic carbocycles. The monoisotopic (exact) mass is 293 g/mol. The van der Waals surface area contributed by atoms with Gasteiger partial charge < -0.3 is 5.21 Å². The van der Waals surface area contributed by atoms with E-state index in [0.717, 1.165) is 6.42 Å². The molecule has 0 atom stereocenters. The molecule has 0 aliphatic rings. The molecule has 4 heteroatoms. The summed E-state index contributed by atoms with van der Waals surface area (Å²) in [4.78, 5) is 0.608. The van der Waals surface area contributed by atoms with Gasteiger partial charge >= 0.3 is 0 Å². The molecule has 2 rings (SSSR count). The van der Waals surface area contributed by atoms with Gasteiger partial charge in [0.25, 0.3) is 0 Å². The first kappa shape index (κ1) is 15.7. The van der Waals surface area contributed by atoms with Gasteiger partial charge in [-0.3, -0.25) is 0 Å². The summed E-state index contributed by atoms with van der Waals surface area (Å²) in [7, 11) is 0. The number of azo groups is 1. The zero-order valence-corrected chi connectivity index (χ0v) is 12.7. The molecule has 0 saturated carbocycles. The molecular weight excluding hydrogens is 274 g/mol. The number of unbranched alkanes of at least 4 members (excludes halogenated alkanes) is 2. The van der Waals surface area contributed by atoms with Crippen molar-refractivity contribution in [3.05, 3.63) is 64.9 Å². The molecule has 0 saturated heterocycles. The highest BCUT2D eigenvalue weighted by molar-refractivity contribution is 5.42. The van der Waals surface area contributed by atoms with Gasteiger partial charge in [0.15, 0.2) is 0 Å². The van der Waals surface area contributed by atoms with Crippen molar-refractivity contribution in [2.24, 2.45) is 5.11 Å². The average molecular weight is 293 g/mol. The van der Waals surface area contributed by atoms with Crippen LogP contribution in [0, 0.1) is 16.5 Å². The highest BCUT2D eigenvalue weighted by atomic mass is 16.5. The predicted molar refractivity (Wildman–Crippen MR) is 86.2 cm³/mol. The lowest BCUT2D eigenvalue weighted by atomic mass is 10.1. The van der Waals surface area contributed by atoms with Gasteiger partial charge in [-0.25, -0.2) is 0 Å². The average Bonchev–Trinajstić information content (AvgIpc) is 2.56. The van der Waals surface area contributed by atoms with E-state index < -0.39 is 0 Å². The number of aryl methyl sites for hydroxylation is 1. The van der Waals surface area contributed by atoms with E-state index in [-0.39, 0.29) is 0 Å². The first-order chi connectivity index (χ1) is 10.7. The van der Waals surface area contributed by atoms with E-state index in [4.69, 9.17) is 5.26 Å². The topological polar surface area (TPSA) is 62.2 Å². The second kappa shape index (κ2) is 7.94. The molecular formula is C18H19N3O. The van der Waals surface area contributed by atoms with Crippen LogP contribution < -0.4 is 0 Å². The van der Waals surface area contributed by atoms with Gasteiger partial charge in [0, 0.05) is 17.2 Å². The van der Waals surface area contributed by atoms with E-state index in [1.54, 1.807) is 36.4 Å². The summed E-state index contributed by atoms with van der Waals surface area (Å²) in [6, 6.07) is 16.2. The summed E-state index contributed by atoms with van der Waals surface area (Å²) >= 11 is 0. The lowest BCUT2D eigenvalue weighted by Crippen LogP contribution is -1.92. The van der Waals surface area contributed by atoms with Crippen molar-refractivity contribution >= 4 is 11.4 Å². The van der Waals surface area contributed by atoms with Crippen LogP contribution in [0.1, 0.15) is 37.3 Å². The lowest BCUT2D eigenvalue weighted by Gasteiger charge is -2.03. The largest absolute Gasteiger partial charge is 0.594 e. The first-order valence-corrected chi connectivity index (χ1v) is 7.51. The smallest absolute Gasteiger partial charge is 0.244 e. The van der Waals surface area contributed by atoms with Gasteiger partial charge in [0.2, 0.25) is 5.69 Å². The number of hydrogen-bond acceptors (Lipinski definition) is 3. The minimum Gasteiger partial charge on any atom is -0.594 e. The Morgan fingerprint density at radius 2 is 1.73 bits per heavy atom. The Morgan fingerprint density at radius 1 is 1.05 bits per heavy atom. The number of rotatable bonds is 6. The third-order valence-corrected chi connectivity index (χ3v) is 3.43. The summed E-state index contributed by atoms with van der Waals surface area (Å²) < 4.78 is 0. The molecule has 0 heterocycles. The van der Waals surface area contributed by atoms with Crippen molar-refractivity contribution in [3.8, 4) is 6.07 Å². The zero-order valence-electron chi connectivity index (χ0n) is 12.7. The quantitative estimate of drug-likeness (QED) is 0.317. The Kier molecular flexibility index (Phi) is 5.67. The van der Waals surface area contributed by atoms with Crippen molar-refractivity contribution in [1.82, 2.24) is 0 Å². The Morgan fingerprint density at radius 3 is 2.32 bits per heavy atom. The van der Waals surface area contributed by atoms with Crippen LogP contribution in [-0.2, 0) is 6.42 Å². The number of nitriles is 1. The molecule has 0 fully saturated rings. The molecule has 0 unspecified atom stereocenters. The number of benzene rings is 2. The molecule has 112 valence electrons. The maximum absolute atomic E-state index is 12.0. The van der Waals surface area contributed by atoms with Crippen molar-refractivity contribution < 1.29 is 4.86 Å². The Bertz CT molecular complexity index is 667. The molecule has 0 aromatic heterocycles. The molecule has 0 N–H and O–H groups in total. The van der Waals surface area contributed by atoms with Crippen LogP contribution in [0.15, 0.2) is 53.6 Å². The summed E-state index contributed by atoms with van der Waals surface area (Å²) in [5.74, 6) is 0. The van der Waals surface area contributed by atoms with E-state index in [2.05, 4.69) is 12.0 Å². The predicted octanol–water partition coefficient (Wildman–Crippen LogP) is 5.22. The van der Waals surface area contributed by atoms with Gasteiger partial charge in [-0.2, -0.15) is 5.26 Å². The van der Waals surface area contributed by atoms with Gasteiger partial charge in [0.05, 0.1) is 11.6 Å². The first-order valence-electron chi connectivity index (χ1n) is 7.51. The molecule has 0 aliphatic heterocycles. The zero-order chi connectivity index (χ0) is 15.8. The Labute approximate surface area is 130 Å². The van der Waals surface area contributed by atoms with E-state index in [1.807, 2.05) is 18.2 Å². The van der Waals surface area contributed by atoms with E-state index >= 15 is 0 Å². The fourth-order valence-corrected chi connectivity index (χ4v) is 2.13. The third kappa shape index (κ3) is 4.42. The summed E-state index contributed by atoms with van der Waals surface area (Å²) in [5.41, 5.74) is 2.82. The third-order valence-electron chi connectivity index (χ3n) is 3.43. The van der Waals surface area contributed by atoms with E-state index in [1.165, 1.54) is 24.8 Å².